The quantitative estimate of drug-likeness (QED) is 0.720. The SMILES string of the molecule is CC(C)OCCS(=O)(=O)N1CCN(C(=O)C2(N)CCCCC2)CC1.Cl. The first-order chi connectivity index (χ1) is 11.2. The van der Waals surface area contributed by atoms with Crippen LogP contribution in [0.5, 0.6) is 0 Å². The number of sulfonamides is 1. The van der Waals surface area contributed by atoms with E-state index < -0.39 is 15.6 Å². The monoisotopic (exact) mass is 397 g/mol. The highest BCUT2D eigenvalue weighted by molar-refractivity contribution is 7.89. The lowest BCUT2D eigenvalue weighted by atomic mass is 9.81. The zero-order valence-corrected chi connectivity index (χ0v) is 16.9. The Balaban J connectivity index is 0.00000312. The van der Waals surface area contributed by atoms with Crippen LogP contribution in [0.1, 0.15) is 46.0 Å². The van der Waals surface area contributed by atoms with Gasteiger partial charge < -0.3 is 15.4 Å². The lowest BCUT2D eigenvalue weighted by molar-refractivity contribution is -0.139. The number of nitrogens with two attached hydrogens (primary N) is 1. The Labute approximate surface area is 157 Å². The molecule has 0 unspecified atom stereocenters. The number of ether oxygens (including phenoxy) is 1. The molecule has 1 amide bonds. The van der Waals surface area contributed by atoms with Crippen LogP contribution in [0.15, 0.2) is 0 Å². The van der Waals surface area contributed by atoms with Gasteiger partial charge in [-0.25, -0.2) is 8.42 Å². The maximum atomic E-state index is 12.7. The molecule has 1 aliphatic heterocycles. The highest BCUT2D eigenvalue weighted by Crippen LogP contribution is 2.28. The number of piperazine rings is 1. The Morgan fingerprint density at radius 3 is 2.20 bits per heavy atom. The van der Waals surface area contributed by atoms with Crippen molar-refractivity contribution in [3.05, 3.63) is 0 Å². The predicted octanol–water partition coefficient (Wildman–Crippen LogP) is 0.969. The Hall–Kier alpha value is -0.410. The van der Waals surface area contributed by atoms with E-state index in [4.69, 9.17) is 10.5 Å². The molecule has 0 aromatic carbocycles. The fourth-order valence-electron chi connectivity index (χ4n) is 3.40. The summed E-state index contributed by atoms with van der Waals surface area (Å²) in [7, 11) is -3.33. The molecule has 1 saturated heterocycles. The average Bonchev–Trinajstić information content (AvgIpc) is 2.54. The lowest BCUT2D eigenvalue weighted by Crippen LogP contribution is -2.60. The number of amides is 1. The second kappa shape index (κ2) is 9.50. The molecule has 0 spiro atoms. The van der Waals surface area contributed by atoms with Crippen LogP contribution in [0.3, 0.4) is 0 Å². The van der Waals surface area contributed by atoms with E-state index in [0.29, 0.717) is 26.2 Å². The summed E-state index contributed by atoms with van der Waals surface area (Å²) < 4.78 is 31.4. The van der Waals surface area contributed by atoms with Crippen molar-refractivity contribution in [2.75, 3.05) is 38.5 Å². The van der Waals surface area contributed by atoms with Gasteiger partial charge in [0.15, 0.2) is 0 Å². The van der Waals surface area contributed by atoms with Crippen LogP contribution in [-0.2, 0) is 19.6 Å². The van der Waals surface area contributed by atoms with Crippen LogP contribution in [-0.4, -0.2) is 73.7 Å². The molecule has 2 fully saturated rings. The number of hydrogen-bond donors (Lipinski definition) is 1. The van der Waals surface area contributed by atoms with Crippen molar-refractivity contribution < 1.29 is 17.9 Å². The third-order valence-corrected chi connectivity index (χ3v) is 6.72. The van der Waals surface area contributed by atoms with Crippen LogP contribution in [0.4, 0.5) is 0 Å². The van der Waals surface area contributed by atoms with Crippen LogP contribution in [0, 0.1) is 0 Å². The summed E-state index contributed by atoms with van der Waals surface area (Å²) in [6.07, 6.45) is 4.61. The lowest BCUT2D eigenvalue weighted by Gasteiger charge is -2.40. The van der Waals surface area contributed by atoms with Gasteiger partial charge in [0.2, 0.25) is 15.9 Å². The van der Waals surface area contributed by atoms with Crippen molar-refractivity contribution in [2.45, 2.75) is 57.6 Å². The van der Waals surface area contributed by atoms with E-state index in [1.165, 1.54) is 4.31 Å². The summed E-state index contributed by atoms with van der Waals surface area (Å²) in [5.41, 5.74) is 5.56. The Kier molecular flexibility index (Phi) is 8.60. The van der Waals surface area contributed by atoms with Crippen molar-refractivity contribution >= 4 is 28.3 Å². The van der Waals surface area contributed by atoms with Crippen LogP contribution in [0.25, 0.3) is 0 Å². The second-order valence-electron chi connectivity index (χ2n) is 7.14. The second-order valence-corrected chi connectivity index (χ2v) is 9.23. The van der Waals surface area contributed by atoms with Crippen molar-refractivity contribution in [3.63, 3.8) is 0 Å². The molecule has 1 aliphatic carbocycles. The van der Waals surface area contributed by atoms with Gasteiger partial charge in [-0.05, 0) is 26.7 Å². The summed E-state index contributed by atoms with van der Waals surface area (Å²) in [6.45, 7) is 5.47. The zero-order chi connectivity index (χ0) is 17.8. The van der Waals surface area contributed by atoms with Gasteiger partial charge in [-0.3, -0.25) is 4.79 Å². The molecule has 1 heterocycles. The highest BCUT2D eigenvalue weighted by atomic mass is 35.5. The standard InChI is InChI=1S/C16H31N3O4S.ClH/c1-14(2)23-12-13-24(21,22)19-10-8-18(9-11-19)15(20)16(17)6-4-3-5-7-16;/h14H,3-13,17H2,1-2H3;1H. The smallest absolute Gasteiger partial charge is 0.242 e. The fraction of sp³-hybridized carbons (Fsp3) is 0.938. The fourth-order valence-corrected chi connectivity index (χ4v) is 4.68. The van der Waals surface area contributed by atoms with Gasteiger partial charge in [0.1, 0.15) is 0 Å². The molecule has 25 heavy (non-hydrogen) atoms. The Bertz CT molecular complexity index is 527. The minimum atomic E-state index is -3.33. The van der Waals surface area contributed by atoms with E-state index >= 15 is 0 Å². The molecular weight excluding hydrogens is 366 g/mol. The number of nitrogens with zero attached hydrogens (tertiary/aromatic N) is 2. The Morgan fingerprint density at radius 1 is 1.12 bits per heavy atom. The summed E-state index contributed by atoms with van der Waals surface area (Å²) in [4.78, 5) is 14.4. The van der Waals surface area contributed by atoms with Crippen molar-refractivity contribution in [3.8, 4) is 0 Å². The van der Waals surface area contributed by atoms with Gasteiger partial charge in [0, 0.05) is 26.2 Å². The maximum absolute atomic E-state index is 12.7. The number of halogens is 1. The van der Waals surface area contributed by atoms with Gasteiger partial charge >= 0.3 is 0 Å². The topological polar surface area (TPSA) is 92.9 Å². The molecule has 9 heteroatoms. The van der Waals surface area contributed by atoms with Crippen LogP contribution < -0.4 is 5.73 Å². The molecule has 0 radical (unpaired) electrons. The molecule has 2 N–H and O–H groups in total. The molecule has 0 aromatic heterocycles. The molecule has 2 rings (SSSR count). The third kappa shape index (κ3) is 6.06. The summed E-state index contributed by atoms with van der Waals surface area (Å²) in [5.74, 6) is -0.0256. The van der Waals surface area contributed by atoms with Gasteiger partial charge in [-0.1, -0.05) is 19.3 Å². The van der Waals surface area contributed by atoms with Gasteiger partial charge in [-0.2, -0.15) is 4.31 Å². The van der Waals surface area contributed by atoms with E-state index in [0.717, 1.165) is 32.1 Å². The molecule has 0 atom stereocenters. The predicted molar refractivity (Wildman–Crippen MR) is 100 cm³/mol. The van der Waals surface area contributed by atoms with E-state index in [2.05, 4.69) is 0 Å². The normalized spacial score (nSPS) is 21.8. The van der Waals surface area contributed by atoms with Crippen LogP contribution in [0.2, 0.25) is 0 Å². The molecular formula is C16H32ClN3O4S. The molecule has 2 aliphatic rings. The summed E-state index contributed by atoms with van der Waals surface area (Å²) >= 11 is 0. The van der Waals surface area contributed by atoms with E-state index in [1.807, 2.05) is 13.8 Å². The summed E-state index contributed by atoms with van der Waals surface area (Å²) in [5, 5.41) is 0. The van der Waals surface area contributed by atoms with E-state index in [9.17, 15) is 13.2 Å². The third-order valence-electron chi connectivity index (χ3n) is 4.88. The minimum Gasteiger partial charge on any atom is -0.378 e. The first-order valence-corrected chi connectivity index (χ1v) is 10.5. The van der Waals surface area contributed by atoms with Crippen molar-refractivity contribution in [1.29, 1.82) is 0 Å². The van der Waals surface area contributed by atoms with Gasteiger partial charge in [0.25, 0.3) is 0 Å². The molecule has 1 saturated carbocycles. The number of rotatable bonds is 6. The summed E-state index contributed by atoms with van der Waals surface area (Å²) in [6, 6.07) is 0. The zero-order valence-electron chi connectivity index (χ0n) is 15.3. The average molecular weight is 398 g/mol. The first kappa shape index (κ1) is 22.6. The molecule has 0 bridgehead atoms. The van der Waals surface area contributed by atoms with Gasteiger partial charge in [0.05, 0.1) is 24.0 Å². The minimum absolute atomic E-state index is 0. The first-order valence-electron chi connectivity index (χ1n) is 8.92. The number of carbonyl (C=O) groups is 1. The van der Waals surface area contributed by atoms with Gasteiger partial charge in [-0.15, -0.1) is 12.4 Å². The Morgan fingerprint density at radius 2 is 1.68 bits per heavy atom. The maximum Gasteiger partial charge on any atom is 0.242 e. The number of carbonyl (C=O) groups excluding carboxylic acids is 1. The number of hydrogen-bond acceptors (Lipinski definition) is 5. The molecule has 0 aromatic rings. The van der Waals surface area contributed by atoms with E-state index in [-0.39, 0.29) is 36.8 Å². The molecule has 7 nitrogen and oxygen atoms in total. The molecule has 148 valence electrons. The van der Waals surface area contributed by atoms with Crippen LogP contribution >= 0.6 is 12.4 Å². The highest BCUT2D eigenvalue weighted by Gasteiger charge is 2.40. The van der Waals surface area contributed by atoms with Crippen molar-refractivity contribution in [1.82, 2.24) is 9.21 Å². The van der Waals surface area contributed by atoms with Crippen molar-refractivity contribution in [2.24, 2.45) is 5.73 Å². The van der Waals surface area contributed by atoms with E-state index in [1.54, 1.807) is 4.90 Å². The largest absolute Gasteiger partial charge is 0.378 e.